The molecular weight excluding hydrogens is 660 g/mol. The van der Waals surface area contributed by atoms with Crippen molar-refractivity contribution in [2.24, 2.45) is 39.9 Å². The van der Waals surface area contributed by atoms with Crippen LogP contribution in [0.15, 0.2) is 16.7 Å². The molecule has 12 heteroatoms. The fraction of sp³-hybridized carbons (Fsp3) is 0.821. The van der Waals surface area contributed by atoms with Gasteiger partial charge in [0.15, 0.2) is 11.9 Å². The third kappa shape index (κ3) is 5.09. The Morgan fingerprint density at radius 1 is 1.00 bits per heavy atom. The van der Waals surface area contributed by atoms with Crippen molar-refractivity contribution in [1.29, 1.82) is 0 Å². The zero-order chi connectivity index (χ0) is 36.7. The van der Waals surface area contributed by atoms with Crippen molar-refractivity contribution in [3.63, 3.8) is 0 Å². The number of cyclic esters (lactones) is 2. The molecule has 0 amide bonds. The summed E-state index contributed by atoms with van der Waals surface area (Å²) >= 11 is 0. The van der Waals surface area contributed by atoms with E-state index in [1.807, 2.05) is 20.8 Å². The van der Waals surface area contributed by atoms with Gasteiger partial charge in [0, 0.05) is 34.8 Å². The fourth-order valence-corrected chi connectivity index (χ4v) is 11.9. The molecule has 2 aliphatic carbocycles. The summed E-state index contributed by atoms with van der Waals surface area (Å²) in [5.74, 6) is -1.83. The normalized spacial score (nSPS) is 43.7. The molecule has 4 N–H and O–H groups in total. The van der Waals surface area contributed by atoms with E-state index in [2.05, 4.69) is 13.8 Å². The lowest BCUT2D eigenvalue weighted by molar-refractivity contribution is -0.252. The molecule has 0 unspecified atom stereocenters. The van der Waals surface area contributed by atoms with Crippen LogP contribution in [0.5, 0.6) is 0 Å². The maximum absolute atomic E-state index is 14.9. The topological polar surface area (TPSA) is 185 Å². The third-order valence-corrected chi connectivity index (χ3v) is 14.4. The number of ketones is 1. The quantitative estimate of drug-likeness (QED) is 0.132. The maximum atomic E-state index is 14.9. The molecule has 0 bridgehead atoms. The second-order valence-electron chi connectivity index (χ2n) is 17.5. The van der Waals surface area contributed by atoms with Crippen molar-refractivity contribution in [2.75, 3.05) is 19.8 Å². The van der Waals surface area contributed by atoms with Crippen molar-refractivity contribution in [1.82, 2.24) is 0 Å². The second kappa shape index (κ2) is 12.9. The number of aliphatic hydroxyl groups excluding tert-OH is 4. The van der Waals surface area contributed by atoms with Crippen molar-refractivity contribution >= 4 is 17.7 Å². The lowest BCUT2D eigenvalue weighted by Gasteiger charge is -2.66. The number of carbonyl (C=O) groups is 3. The minimum absolute atomic E-state index is 0.00123. The highest BCUT2D eigenvalue weighted by Crippen LogP contribution is 2.80. The smallest absolute Gasteiger partial charge is 0.339 e. The largest absolute Gasteiger partial charge is 0.469 e. The Morgan fingerprint density at radius 3 is 2.47 bits per heavy atom. The fourth-order valence-electron chi connectivity index (χ4n) is 11.9. The molecule has 1 aromatic heterocycles. The van der Waals surface area contributed by atoms with E-state index in [1.54, 1.807) is 6.07 Å². The molecule has 51 heavy (non-hydrogen) atoms. The van der Waals surface area contributed by atoms with Crippen LogP contribution in [-0.4, -0.2) is 93.6 Å². The molecule has 0 aromatic carbocycles. The highest BCUT2D eigenvalue weighted by molar-refractivity contribution is 5.92. The van der Waals surface area contributed by atoms with Gasteiger partial charge in [-0.3, -0.25) is 9.59 Å². The number of esters is 2. The first-order valence-corrected chi connectivity index (χ1v) is 19.1. The molecule has 6 aliphatic rings. The Bertz CT molecular complexity index is 1520. The number of unbranched alkanes of at least 4 members (excludes halogenated alkanes) is 2. The van der Waals surface area contributed by atoms with Crippen LogP contribution in [0.3, 0.4) is 0 Å². The summed E-state index contributed by atoms with van der Waals surface area (Å²) in [6.45, 7) is 9.74. The van der Waals surface area contributed by atoms with Gasteiger partial charge in [0.1, 0.15) is 30.2 Å². The van der Waals surface area contributed by atoms with Crippen molar-refractivity contribution in [2.45, 2.75) is 141 Å². The minimum atomic E-state index is -1.47. The Labute approximate surface area is 299 Å². The molecule has 0 radical (unpaired) electrons. The number of Topliss-reactive ketones (excluding diaryl/α,β-unsaturated/α-hetero) is 1. The Kier molecular flexibility index (Phi) is 9.36. The van der Waals surface area contributed by atoms with Crippen LogP contribution < -0.4 is 0 Å². The van der Waals surface area contributed by atoms with Crippen LogP contribution in [0.1, 0.15) is 110 Å². The van der Waals surface area contributed by atoms with Gasteiger partial charge in [0.25, 0.3) is 0 Å². The van der Waals surface area contributed by atoms with Gasteiger partial charge in [0.2, 0.25) is 0 Å². The number of fused-ring (bicyclic) bond motifs is 1. The molecule has 2 saturated carbocycles. The molecule has 7 rings (SSSR count). The van der Waals surface area contributed by atoms with Gasteiger partial charge in [-0.1, -0.05) is 40.5 Å². The molecule has 6 fully saturated rings. The maximum Gasteiger partial charge on any atom is 0.339 e. The van der Waals surface area contributed by atoms with Gasteiger partial charge in [-0.15, -0.1) is 0 Å². The summed E-state index contributed by atoms with van der Waals surface area (Å²) in [7, 11) is 0. The van der Waals surface area contributed by atoms with Gasteiger partial charge in [0.05, 0.1) is 43.0 Å². The van der Waals surface area contributed by atoms with E-state index in [-0.39, 0.29) is 49.6 Å². The van der Waals surface area contributed by atoms with Crippen molar-refractivity contribution < 1.29 is 58.2 Å². The average Bonchev–Trinajstić information content (AvgIpc) is 3.64. The number of carbonyl (C=O) groups excluding carboxylic acids is 3. The minimum Gasteiger partial charge on any atom is -0.469 e. The number of aliphatic hydroxyl groups is 4. The van der Waals surface area contributed by atoms with E-state index in [9.17, 15) is 34.8 Å². The number of epoxide rings is 1. The van der Waals surface area contributed by atoms with E-state index >= 15 is 0 Å². The summed E-state index contributed by atoms with van der Waals surface area (Å²) < 4.78 is 31.5. The van der Waals surface area contributed by atoms with Gasteiger partial charge in [-0.2, -0.15) is 0 Å². The number of rotatable bonds is 13. The van der Waals surface area contributed by atoms with E-state index in [0.29, 0.717) is 49.3 Å². The first-order chi connectivity index (χ1) is 24.2. The van der Waals surface area contributed by atoms with Crippen LogP contribution in [-0.2, 0) is 39.8 Å². The number of furan rings is 1. The predicted molar refractivity (Wildman–Crippen MR) is 180 cm³/mol. The summed E-state index contributed by atoms with van der Waals surface area (Å²) in [5, 5.41) is 42.3. The highest BCUT2D eigenvalue weighted by Gasteiger charge is 2.91. The predicted octanol–water partition coefficient (Wildman–Crippen LogP) is 3.59. The van der Waals surface area contributed by atoms with E-state index in [1.165, 1.54) is 6.26 Å². The van der Waals surface area contributed by atoms with Crippen LogP contribution in [0, 0.1) is 39.9 Å². The standard InChI is InChI=1S/C39H56O12/c1-21(2)10-14-36(4)30-29(44)31(45)37(5)26(38(30)20-48-28(43)18-27(38)50-36)11-13-35(3)32(49-34(46)33-39(35,37)51-33)23-12-16-47-25(23)17-22(24(42)19-41)9-7-6-8-15-40/h12,16,21-22,24,26-27,30-33,40-42,45H,6-11,13-15,17-20H2,1-5H3/t22-,24+,26-,27-,30+,31+,32-,33+,35-,36-,37-,38-,39+/m0/s1. The van der Waals surface area contributed by atoms with Gasteiger partial charge in [-0.25, -0.2) is 4.79 Å². The SMILES string of the molecule is CC(C)CC[C@]1(C)O[C@H]2CC(=O)OC[C@]23[C@H]2CC[C@@]4(C)[C@H](c5ccoc5C[C@H](CCCCCO)[C@H](O)CO)OC(=O)[C@H]5O[C@]54[C@]2(C)[C@H](O)C(=O)[C@@H]31. The Morgan fingerprint density at radius 2 is 1.76 bits per heavy atom. The zero-order valence-electron chi connectivity index (χ0n) is 30.6. The van der Waals surface area contributed by atoms with Crippen LogP contribution in [0.25, 0.3) is 0 Å². The molecule has 2 spiro atoms. The molecule has 5 heterocycles. The van der Waals surface area contributed by atoms with Crippen molar-refractivity contribution in [3.05, 3.63) is 23.7 Å². The third-order valence-electron chi connectivity index (χ3n) is 14.4. The van der Waals surface area contributed by atoms with Crippen LogP contribution in [0.2, 0.25) is 0 Å². The number of hydrogen-bond donors (Lipinski definition) is 4. The second-order valence-corrected chi connectivity index (χ2v) is 17.5. The van der Waals surface area contributed by atoms with Gasteiger partial charge >= 0.3 is 11.9 Å². The summed E-state index contributed by atoms with van der Waals surface area (Å²) in [6, 6.07) is 1.77. The average molecular weight is 717 g/mol. The van der Waals surface area contributed by atoms with Crippen molar-refractivity contribution in [3.8, 4) is 0 Å². The first-order valence-electron chi connectivity index (χ1n) is 19.1. The molecule has 284 valence electrons. The van der Waals surface area contributed by atoms with Crippen LogP contribution in [0.4, 0.5) is 0 Å². The molecule has 1 aromatic rings. The first kappa shape index (κ1) is 37.0. The molecule has 4 saturated heterocycles. The molecule has 4 aliphatic heterocycles. The summed E-state index contributed by atoms with van der Waals surface area (Å²) in [5.41, 5.74) is -4.60. The van der Waals surface area contributed by atoms with E-state index in [4.69, 9.17) is 23.4 Å². The summed E-state index contributed by atoms with van der Waals surface area (Å²) in [6.07, 6.45) is 2.19. The summed E-state index contributed by atoms with van der Waals surface area (Å²) in [4.78, 5) is 41.6. The van der Waals surface area contributed by atoms with Gasteiger partial charge in [-0.05, 0) is 69.3 Å². The monoisotopic (exact) mass is 716 g/mol. The molecule has 12 nitrogen and oxygen atoms in total. The van der Waals surface area contributed by atoms with Crippen LogP contribution >= 0.6 is 0 Å². The lowest BCUT2D eigenvalue weighted by Crippen LogP contribution is -2.76. The van der Waals surface area contributed by atoms with E-state index in [0.717, 1.165) is 19.3 Å². The van der Waals surface area contributed by atoms with E-state index < -0.39 is 76.5 Å². The Balaban J connectivity index is 1.27. The highest BCUT2D eigenvalue weighted by atomic mass is 16.7. The number of hydrogen-bond acceptors (Lipinski definition) is 12. The Hall–Kier alpha value is -2.35. The lowest BCUT2D eigenvalue weighted by atomic mass is 9.36. The van der Waals surface area contributed by atoms with Gasteiger partial charge < -0.3 is 43.8 Å². The molecule has 13 atom stereocenters. The zero-order valence-corrected chi connectivity index (χ0v) is 30.6. The molecular formula is C39H56O12. The number of ether oxygens (including phenoxy) is 4.